The van der Waals surface area contributed by atoms with Gasteiger partial charge in [0.2, 0.25) is 5.72 Å². The molecule has 2 aliphatic rings. The van der Waals surface area contributed by atoms with Gasteiger partial charge in [0, 0.05) is 24.0 Å². The number of nitrogens with one attached hydrogen (secondary N) is 1. The molecule has 6 nitrogen and oxygen atoms in total. The van der Waals surface area contributed by atoms with Gasteiger partial charge in [-0.05, 0) is 12.1 Å². The van der Waals surface area contributed by atoms with Gasteiger partial charge in [-0.15, -0.1) is 0 Å². The van der Waals surface area contributed by atoms with Gasteiger partial charge in [0.1, 0.15) is 0 Å². The summed E-state index contributed by atoms with van der Waals surface area (Å²) in [4.78, 5) is 18.5. The summed E-state index contributed by atoms with van der Waals surface area (Å²) in [6.07, 6.45) is 1.25. The monoisotopic (exact) mass is 337 g/mol. The van der Waals surface area contributed by atoms with Crippen LogP contribution in [-0.2, 0) is 9.57 Å². The van der Waals surface area contributed by atoms with Gasteiger partial charge in [0.05, 0.1) is 13.2 Å². The van der Waals surface area contributed by atoms with Gasteiger partial charge >= 0.3 is 0 Å². The lowest BCUT2D eigenvalue weighted by Gasteiger charge is -2.39. The third-order valence-electron chi connectivity index (χ3n) is 4.48. The van der Waals surface area contributed by atoms with E-state index in [4.69, 9.17) is 9.57 Å². The molecule has 0 radical (unpaired) electrons. The van der Waals surface area contributed by atoms with E-state index >= 15 is 0 Å². The van der Waals surface area contributed by atoms with Crippen LogP contribution in [0, 0.1) is 0 Å². The number of ether oxygens (including phenoxy) is 1. The minimum absolute atomic E-state index is 0.194. The van der Waals surface area contributed by atoms with Crippen LogP contribution in [0.15, 0.2) is 65.8 Å². The van der Waals surface area contributed by atoms with E-state index in [0.29, 0.717) is 37.5 Å². The number of carbonyl (C=O) groups excluding carboxylic acids is 1. The molecule has 0 aromatic heterocycles. The number of nitrogens with zero attached hydrogens (tertiary/aromatic N) is 2. The molecule has 1 amide bonds. The van der Waals surface area contributed by atoms with Crippen molar-refractivity contribution in [1.29, 1.82) is 0 Å². The van der Waals surface area contributed by atoms with Crippen LogP contribution in [0.4, 0.5) is 0 Å². The quantitative estimate of drug-likeness (QED) is 0.935. The van der Waals surface area contributed by atoms with Crippen LogP contribution in [0.25, 0.3) is 0 Å². The zero-order chi connectivity index (χ0) is 17.1. The maximum absolute atomic E-state index is 12.7. The average molecular weight is 337 g/mol. The van der Waals surface area contributed by atoms with Crippen molar-refractivity contribution in [3.05, 3.63) is 71.8 Å². The zero-order valence-corrected chi connectivity index (χ0v) is 13.7. The van der Waals surface area contributed by atoms with E-state index in [1.807, 2.05) is 48.5 Å². The van der Waals surface area contributed by atoms with Crippen LogP contribution in [0.2, 0.25) is 0 Å². The molecule has 2 aromatic carbocycles. The van der Waals surface area contributed by atoms with E-state index in [1.54, 1.807) is 17.1 Å². The lowest BCUT2D eigenvalue weighted by molar-refractivity contribution is -0.163. The first-order chi connectivity index (χ1) is 12.3. The first-order valence-electron chi connectivity index (χ1n) is 8.34. The smallest absolute Gasteiger partial charge is 0.269 e. The van der Waals surface area contributed by atoms with Crippen LogP contribution < -0.4 is 5.43 Å². The first-order valence-corrected chi connectivity index (χ1v) is 8.34. The fraction of sp³-hybridized carbons (Fsp3) is 0.263. The fourth-order valence-electron chi connectivity index (χ4n) is 3.09. The molecule has 2 heterocycles. The second-order valence-corrected chi connectivity index (χ2v) is 6.07. The van der Waals surface area contributed by atoms with Crippen molar-refractivity contribution < 1.29 is 14.4 Å². The topological polar surface area (TPSA) is 63.2 Å². The minimum atomic E-state index is -0.701. The Morgan fingerprint density at radius 3 is 2.32 bits per heavy atom. The second kappa shape index (κ2) is 6.57. The number of amides is 1. The van der Waals surface area contributed by atoms with Crippen LogP contribution in [0.1, 0.15) is 28.8 Å². The van der Waals surface area contributed by atoms with E-state index in [-0.39, 0.29) is 5.91 Å². The number of hydrogen-bond donors (Lipinski definition) is 1. The summed E-state index contributed by atoms with van der Waals surface area (Å²) in [7, 11) is 0. The normalized spacial score (nSPS) is 18.6. The average Bonchev–Trinajstić information content (AvgIpc) is 3.01. The number of rotatable bonds is 3. The van der Waals surface area contributed by atoms with E-state index in [1.165, 1.54) is 0 Å². The Morgan fingerprint density at radius 2 is 1.64 bits per heavy atom. The van der Waals surface area contributed by atoms with E-state index in [2.05, 4.69) is 10.6 Å². The highest BCUT2D eigenvalue weighted by molar-refractivity contribution is 6.02. The second-order valence-electron chi connectivity index (χ2n) is 6.07. The molecule has 4 rings (SSSR count). The number of oxime groups is 1. The van der Waals surface area contributed by atoms with Gasteiger partial charge in [-0.3, -0.25) is 10.2 Å². The van der Waals surface area contributed by atoms with Crippen LogP contribution in [0.3, 0.4) is 0 Å². The van der Waals surface area contributed by atoms with Crippen molar-refractivity contribution in [2.45, 2.75) is 18.6 Å². The SMILES string of the molecule is O=C(NN1C(c2ccccc2)=NOC12CCOCC2)c1ccccc1. The number of benzene rings is 2. The molecule has 0 unspecified atom stereocenters. The van der Waals surface area contributed by atoms with Crippen molar-refractivity contribution in [3.8, 4) is 0 Å². The van der Waals surface area contributed by atoms with E-state index in [9.17, 15) is 4.79 Å². The fourth-order valence-corrected chi connectivity index (χ4v) is 3.09. The highest BCUT2D eigenvalue weighted by atomic mass is 16.7. The summed E-state index contributed by atoms with van der Waals surface area (Å²) in [6, 6.07) is 18.8. The Balaban J connectivity index is 1.65. The maximum Gasteiger partial charge on any atom is 0.269 e. The number of carbonyl (C=O) groups is 1. The van der Waals surface area contributed by atoms with Crippen molar-refractivity contribution in [2.75, 3.05) is 13.2 Å². The summed E-state index contributed by atoms with van der Waals surface area (Å²) >= 11 is 0. The highest BCUT2D eigenvalue weighted by Gasteiger charge is 2.48. The summed E-state index contributed by atoms with van der Waals surface area (Å²) < 4.78 is 5.46. The zero-order valence-electron chi connectivity index (χ0n) is 13.7. The van der Waals surface area contributed by atoms with E-state index in [0.717, 1.165) is 5.56 Å². The summed E-state index contributed by atoms with van der Waals surface area (Å²) in [5.74, 6) is 0.410. The largest absolute Gasteiger partial charge is 0.381 e. The first kappa shape index (κ1) is 15.7. The molecule has 2 aromatic rings. The molecule has 6 heteroatoms. The Hall–Kier alpha value is -2.86. The molecular formula is C19H19N3O3. The Bertz CT molecular complexity index is 771. The van der Waals surface area contributed by atoms with Crippen molar-refractivity contribution in [3.63, 3.8) is 0 Å². The molecule has 1 saturated heterocycles. The third-order valence-corrected chi connectivity index (χ3v) is 4.48. The predicted octanol–water partition coefficient (Wildman–Crippen LogP) is 2.53. The predicted molar refractivity (Wildman–Crippen MR) is 92.6 cm³/mol. The van der Waals surface area contributed by atoms with Gasteiger partial charge in [0.25, 0.3) is 5.91 Å². The summed E-state index contributed by atoms with van der Waals surface area (Å²) in [5, 5.41) is 6.05. The highest BCUT2D eigenvalue weighted by Crippen LogP contribution is 2.34. The molecule has 0 bridgehead atoms. The molecule has 0 saturated carbocycles. The molecule has 0 aliphatic carbocycles. The van der Waals surface area contributed by atoms with Crippen molar-refractivity contribution in [1.82, 2.24) is 10.4 Å². The molecule has 25 heavy (non-hydrogen) atoms. The number of amidine groups is 1. The molecule has 0 atom stereocenters. The lowest BCUT2D eigenvalue weighted by Crippen LogP contribution is -2.59. The summed E-state index contributed by atoms with van der Waals surface area (Å²) in [6.45, 7) is 1.13. The summed E-state index contributed by atoms with van der Waals surface area (Å²) in [5.41, 5.74) is 3.76. The maximum atomic E-state index is 12.7. The van der Waals surface area contributed by atoms with Gasteiger partial charge < -0.3 is 9.57 Å². The Labute approximate surface area is 146 Å². The van der Waals surface area contributed by atoms with Crippen molar-refractivity contribution >= 4 is 11.7 Å². The molecule has 2 aliphatic heterocycles. The minimum Gasteiger partial charge on any atom is -0.381 e. The van der Waals surface area contributed by atoms with E-state index < -0.39 is 5.72 Å². The van der Waals surface area contributed by atoms with Crippen LogP contribution >= 0.6 is 0 Å². The van der Waals surface area contributed by atoms with Gasteiger partial charge in [0.15, 0.2) is 5.84 Å². The molecule has 1 N–H and O–H groups in total. The lowest BCUT2D eigenvalue weighted by atomic mass is 10.0. The molecule has 128 valence electrons. The Kier molecular flexibility index (Phi) is 4.11. The molecule has 1 fully saturated rings. The standard InChI is InChI=1S/C19H19N3O3/c23-18(16-9-5-2-6-10-16)20-22-17(15-7-3-1-4-8-15)21-25-19(22)11-13-24-14-12-19/h1-10H,11-14H2,(H,20,23). The third kappa shape index (κ3) is 2.96. The molecular weight excluding hydrogens is 318 g/mol. The van der Waals surface area contributed by atoms with Crippen molar-refractivity contribution in [2.24, 2.45) is 5.16 Å². The van der Waals surface area contributed by atoms with Crippen LogP contribution in [-0.4, -0.2) is 35.7 Å². The Morgan fingerprint density at radius 1 is 1.00 bits per heavy atom. The van der Waals surface area contributed by atoms with Gasteiger partial charge in [-0.2, -0.15) is 0 Å². The number of hydrazine groups is 1. The van der Waals surface area contributed by atoms with Crippen LogP contribution in [0.5, 0.6) is 0 Å². The molecule has 1 spiro atoms. The number of hydrogen-bond acceptors (Lipinski definition) is 5. The van der Waals surface area contributed by atoms with Gasteiger partial charge in [-0.25, -0.2) is 5.01 Å². The van der Waals surface area contributed by atoms with Gasteiger partial charge in [-0.1, -0.05) is 53.7 Å².